The zero-order valence-electron chi connectivity index (χ0n) is 14.2. The summed E-state index contributed by atoms with van der Waals surface area (Å²) >= 11 is 1.28. The fraction of sp³-hybridized carbons (Fsp3) is 0.222. The normalized spacial score (nSPS) is 10.6. The number of hydrogen-bond acceptors (Lipinski definition) is 6. The summed E-state index contributed by atoms with van der Waals surface area (Å²) < 4.78 is 5.45. The van der Waals surface area contributed by atoms with E-state index in [4.69, 9.17) is 4.74 Å². The first-order valence-corrected chi connectivity index (χ1v) is 8.66. The van der Waals surface area contributed by atoms with Gasteiger partial charge in [0, 0.05) is 11.4 Å². The zero-order valence-corrected chi connectivity index (χ0v) is 15.0. The summed E-state index contributed by atoms with van der Waals surface area (Å²) in [5.74, 6) is 0.698. The van der Waals surface area contributed by atoms with Crippen LogP contribution in [-0.2, 0) is 4.79 Å². The van der Waals surface area contributed by atoms with E-state index in [-0.39, 0.29) is 11.7 Å². The molecule has 1 N–H and O–H groups in total. The van der Waals surface area contributed by atoms with Crippen molar-refractivity contribution in [2.24, 2.45) is 5.10 Å². The van der Waals surface area contributed by atoms with Crippen molar-refractivity contribution in [3.63, 3.8) is 0 Å². The summed E-state index contributed by atoms with van der Waals surface area (Å²) in [5.41, 5.74) is 5.08. The Morgan fingerprint density at radius 3 is 2.80 bits per heavy atom. The molecule has 1 aromatic heterocycles. The Balaban J connectivity index is 1.83. The van der Waals surface area contributed by atoms with Gasteiger partial charge in [-0.3, -0.25) is 4.79 Å². The summed E-state index contributed by atoms with van der Waals surface area (Å²) in [4.78, 5) is 20.4. The van der Waals surface area contributed by atoms with Gasteiger partial charge in [-0.15, -0.1) is 0 Å². The van der Waals surface area contributed by atoms with Gasteiger partial charge >= 0.3 is 0 Å². The Hall–Kier alpha value is -2.67. The fourth-order valence-corrected chi connectivity index (χ4v) is 2.68. The minimum absolute atomic E-state index is 0.197. The molecule has 6 nitrogen and oxygen atoms in total. The Labute approximate surface area is 151 Å². The van der Waals surface area contributed by atoms with E-state index < -0.39 is 0 Å². The third-order valence-corrected chi connectivity index (χ3v) is 3.77. The van der Waals surface area contributed by atoms with E-state index in [1.807, 2.05) is 44.2 Å². The number of amides is 1. The number of nitrogens with one attached hydrogen (secondary N) is 1. The first kappa shape index (κ1) is 18.7. The third-order valence-electron chi connectivity index (χ3n) is 2.92. The molecular formula is C18H20N4O2S. The highest BCUT2D eigenvalue weighted by atomic mass is 32.2. The molecule has 0 bridgehead atoms. The second-order valence-corrected chi connectivity index (χ2v) is 6.13. The van der Waals surface area contributed by atoms with Gasteiger partial charge in [0.05, 0.1) is 12.0 Å². The Kier molecular flexibility index (Phi) is 7.16. The van der Waals surface area contributed by atoms with E-state index in [0.717, 1.165) is 22.7 Å². The number of hydrogen-bond donors (Lipinski definition) is 1. The number of carbonyl (C=O) groups is 1. The number of thioether (sulfide) groups is 1. The Morgan fingerprint density at radius 2 is 2.08 bits per heavy atom. The minimum Gasteiger partial charge on any atom is -0.490 e. The Morgan fingerprint density at radius 1 is 1.32 bits per heavy atom. The molecule has 7 heteroatoms. The van der Waals surface area contributed by atoms with E-state index in [2.05, 4.69) is 27.1 Å². The molecular weight excluding hydrogens is 336 g/mol. The van der Waals surface area contributed by atoms with E-state index in [1.54, 1.807) is 12.3 Å². The van der Waals surface area contributed by atoms with Crippen molar-refractivity contribution in [2.45, 2.75) is 19.0 Å². The van der Waals surface area contributed by atoms with Gasteiger partial charge in [0.15, 0.2) is 5.16 Å². The highest BCUT2D eigenvalue weighted by Crippen LogP contribution is 2.14. The average molecular weight is 356 g/mol. The molecule has 1 heterocycles. The maximum atomic E-state index is 11.8. The number of benzene rings is 1. The van der Waals surface area contributed by atoms with Gasteiger partial charge in [-0.1, -0.05) is 36.5 Å². The van der Waals surface area contributed by atoms with Crippen LogP contribution in [0.4, 0.5) is 0 Å². The molecule has 25 heavy (non-hydrogen) atoms. The molecule has 0 saturated carbocycles. The Bertz CT molecular complexity index is 757. The molecule has 0 unspecified atom stereocenters. The SMILES string of the molecule is C=CCOc1cccc(/C=N\NC(=O)CSc2nc(C)cc(C)n2)c1. The van der Waals surface area contributed by atoms with Crippen LogP contribution in [0.15, 0.2) is 53.2 Å². The fourth-order valence-electron chi connectivity index (χ4n) is 1.94. The van der Waals surface area contributed by atoms with Crippen LogP contribution in [0.25, 0.3) is 0 Å². The van der Waals surface area contributed by atoms with E-state index >= 15 is 0 Å². The van der Waals surface area contributed by atoms with Gasteiger partial charge in [-0.2, -0.15) is 5.10 Å². The lowest BCUT2D eigenvalue weighted by atomic mass is 10.2. The quantitative estimate of drug-likeness (QED) is 0.259. The monoisotopic (exact) mass is 356 g/mol. The summed E-state index contributed by atoms with van der Waals surface area (Å²) in [6.07, 6.45) is 3.24. The number of nitrogens with zero attached hydrogens (tertiary/aromatic N) is 3. The third kappa shape index (κ3) is 6.76. The van der Waals surface area contributed by atoms with Crippen LogP contribution in [-0.4, -0.2) is 34.4 Å². The van der Waals surface area contributed by atoms with E-state index in [1.165, 1.54) is 11.8 Å². The topological polar surface area (TPSA) is 76.5 Å². The van der Waals surface area contributed by atoms with Crippen LogP contribution in [0.3, 0.4) is 0 Å². The molecule has 2 aromatic rings. The van der Waals surface area contributed by atoms with Crippen LogP contribution in [0, 0.1) is 13.8 Å². The first-order valence-electron chi connectivity index (χ1n) is 7.67. The number of aryl methyl sites for hydroxylation is 2. The van der Waals surface area contributed by atoms with Gasteiger partial charge in [0.2, 0.25) is 0 Å². The first-order chi connectivity index (χ1) is 12.1. The van der Waals surface area contributed by atoms with Crippen molar-refractivity contribution >= 4 is 23.9 Å². The van der Waals surface area contributed by atoms with Gasteiger partial charge < -0.3 is 4.74 Å². The highest BCUT2D eigenvalue weighted by molar-refractivity contribution is 7.99. The number of hydrazone groups is 1. The lowest BCUT2D eigenvalue weighted by Gasteiger charge is -2.04. The van der Waals surface area contributed by atoms with Crippen molar-refractivity contribution in [1.29, 1.82) is 0 Å². The molecule has 2 rings (SSSR count). The largest absolute Gasteiger partial charge is 0.490 e. The molecule has 130 valence electrons. The summed E-state index contributed by atoms with van der Waals surface area (Å²) in [6.45, 7) is 7.84. The highest BCUT2D eigenvalue weighted by Gasteiger charge is 2.05. The average Bonchev–Trinajstić information content (AvgIpc) is 2.58. The molecule has 0 fully saturated rings. The van der Waals surface area contributed by atoms with Crippen molar-refractivity contribution in [1.82, 2.24) is 15.4 Å². The van der Waals surface area contributed by atoms with Crippen LogP contribution >= 0.6 is 11.8 Å². The molecule has 1 aromatic carbocycles. The molecule has 0 atom stereocenters. The lowest BCUT2D eigenvalue weighted by Crippen LogP contribution is -2.19. The number of rotatable bonds is 8. The van der Waals surface area contributed by atoms with Crippen molar-refractivity contribution in [2.75, 3.05) is 12.4 Å². The maximum Gasteiger partial charge on any atom is 0.250 e. The van der Waals surface area contributed by atoms with Gasteiger partial charge in [0.1, 0.15) is 12.4 Å². The van der Waals surface area contributed by atoms with Crippen LogP contribution in [0.2, 0.25) is 0 Å². The van der Waals surface area contributed by atoms with E-state index in [0.29, 0.717) is 11.8 Å². The van der Waals surface area contributed by atoms with Crippen molar-refractivity contribution in [3.05, 3.63) is 59.9 Å². The van der Waals surface area contributed by atoms with Crippen molar-refractivity contribution in [3.8, 4) is 5.75 Å². The molecule has 0 radical (unpaired) electrons. The number of aromatic nitrogens is 2. The van der Waals surface area contributed by atoms with Gasteiger partial charge in [-0.05, 0) is 37.6 Å². The minimum atomic E-state index is -0.219. The zero-order chi connectivity index (χ0) is 18.1. The van der Waals surface area contributed by atoms with Crippen molar-refractivity contribution < 1.29 is 9.53 Å². The van der Waals surface area contributed by atoms with Crippen LogP contribution in [0.1, 0.15) is 17.0 Å². The standard InChI is InChI=1S/C18H20N4O2S/c1-4-8-24-16-7-5-6-15(10-16)11-19-22-17(23)12-25-18-20-13(2)9-14(3)21-18/h4-7,9-11H,1,8,12H2,2-3H3,(H,22,23)/b19-11-. The van der Waals surface area contributed by atoms with Gasteiger partial charge in [-0.25, -0.2) is 15.4 Å². The molecule has 0 aliphatic heterocycles. The van der Waals surface area contributed by atoms with E-state index in [9.17, 15) is 4.79 Å². The second-order valence-electron chi connectivity index (χ2n) is 5.19. The van der Waals surface area contributed by atoms with Gasteiger partial charge in [0.25, 0.3) is 5.91 Å². The van der Waals surface area contributed by atoms with Crippen LogP contribution in [0.5, 0.6) is 5.75 Å². The predicted octanol–water partition coefficient (Wildman–Crippen LogP) is 2.90. The number of carbonyl (C=O) groups excluding carboxylic acids is 1. The molecule has 0 saturated heterocycles. The molecule has 0 aliphatic carbocycles. The maximum absolute atomic E-state index is 11.8. The summed E-state index contributed by atoms with van der Waals surface area (Å²) in [6, 6.07) is 9.29. The summed E-state index contributed by atoms with van der Waals surface area (Å²) in [5, 5.41) is 4.54. The molecule has 0 aliphatic rings. The summed E-state index contributed by atoms with van der Waals surface area (Å²) in [7, 11) is 0. The van der Waals surface area contributed by atoms with Crippen LogP contribution < -0.4 is 10.2 Å². The molecule has 1 amide bonds. The number of ether oxygens (including phenoxy) is 1. The molecule has 0 spiro atoms. The smallest absolute Gasteiger partial charge is 0.250 e. The second kappa shape index (κ2) is 9.58. The lowest BCUT2D eigenvalue weighted by molar-refractivity contribution is -0.118. The predicted molar refractivity (Wildman–Crippen MR) is 100 cm³/mol.